The fourth-order valence-corrected chi connectivity index (χ4v) is 2.29. The highest BCUT2D eigenvalue weighted by Crippen LogP contribution is 2.22. The van der Waals surface area contributed by atoms with Gasteiger partial charge in [-0.25, -0.2) is 13.2 Å². The maximum atomic E-state index is 11.5. The molecule has 98 valence electrons. The summed E-state index contributed by atoms with van der Waals surface area (Å²) in [5, 5.41) is 8.90. The van der Waals surface area contributed by atoms with E-state index in [2.05, 4.69) is 4.98 Å². The topological polar surface area (TPSA) is 84.3 Å². The number of aromatic nitrogens is 1. The molecule has 0 unspecified atom stereocenters. The maximum Gasteiger partial charge on any atom is 0.337 e. The highest BCUT2D eigenvalue weighted by Gasteiger charge is 2.10. The van der Waals surface area contributed by atoms with Gasteiger partial charge < -0.3 is 5.11 Å². The van der Waals surface area contributed by atoms with Crippen LogP contribution in [0.1, 0.15) is 10.4 Å². The predicted molar refractivity (Wildman–Crippen MR) is 69.7 cm³/mol. The molecule has 2 rings (SSSR count). The maximum absolute atomic E-state index is 11.5. The van der Waals surface area contributed by atoms with Crippen LogP contribution >= 0.6 is 0 Å². The van der Waals surface area contributed by atoms with Gasteiger partial charge in [0.15, 0.2) is 9.84 Å². The molecule has 0 saturated heterocycles. The number of benzene rings is 1. The van der Waals surface area contributed by atoms with Gasteiger partial charge in [-0.2, -0.15) is 0 Å². The van der Waals surface area contributed by atoms with Crippen molar-refractivity contribution in [2.75, 3.05) is 6.26 Å². The summed E-state index contributed by atoms with van der Waals surface area (Å²) >= 11 is 0. The molecule has 0 bridgehead atoms. The van der Waals surface area contributed by atoms with Gasteiger partial charge in [0.05, 0.1) is 10.5 Å². The van der Waals surface area contributed by atoms with Crippen LogP contribution < -0.4 is 0 Å². The number of aromatic carboxylic acids is 1. The molecule has 0 atom stereocenters. The van der Waals surface area contributed by atoms with Crippen LogP contribution in [0, 0.1) is 0 Å². The van der Waals surface area contributed by atoms with Crippen molar-refractivity contribution in [3.8, 4) is 11.1 Å². The molecule has 0 spiro atoms. The molecule has 0 amide bonds. The van der Waals surface area contributed by atoms with Crippen molar-refractivity contribution in [1.82, 2.24) is 4.98 Å². The molecule has 2 aromatic rings. The zero-order valence-corrected chi connectivity index (χ0v) is 10.9. The normalized spacial score (nSPS) is 11.2. The molecule has 0 radical (unpaired) electrons. The number of carboxylic acid groups (broad SMARTS) is 1. The van der Waals surface area contributed by atoms with Gasteiger partial charge in [0, 0.05) is 24.2 Å². The first-order valence-corrected chi connectivity index (χ1v) is 7.26. The lowest BCUT2D eigenvalue weighted by Crippen LogP contribution is -1.99. The molecule has 1 heterocycles. The third kappa shape index (κ3) is 2.97. The summed E-state index contributed by atoms with van der Waals surface area (Å²) in [5.74, 6) is -1.08. The quantitative estimate of drug-likeness (QED) is 0.925. The first-order chi connectivity index (χ1) is 8.88. The fraction of sp³-hybridized carbons (Fsp3) is 0.0769. The van der Waals surface area contributed by atoms with Crippen molar-refractivity contribution in [2.45, 2.75) is 4.90 Å². The first-order valence-electron chi connectivity index (χ1n) is 5.37. The Hall–Kier alpha value is -2.21. The van der Waals surface area contributed by atoms with Crippen LogP contribution in [0.25, 0.3) is 11.1 Å². The Balaban J connectivity index is 2.54. The summed E-state index contributed by atoms with van der Waals surface area (Å²) < 4.78 is 23.0. The van der Waals surface area contributed by atoms with Crippen molar-refractivity contribution >= 4 is 15.8 Å². The van der Waals surface area contributed by atoms with E-state index in [9.17, 15) is 13.2 Å². The molecular weight excluding hydrogens is 266 g/mol. The molecule has 0 fully saturated rings. The SMILES string of the molecule is CS(=O)(=O)c1cccc(-c2cncc(C(=O)O)c2)c1. The van der Waals surface area contributed by atoms with E-state index < -0.39 is 15.8 Å². The summed E-state index contributed by atoms with van der Waals surface area (Å²) in [7, 11) is -3.30. The number of rotatable bonds is 3. The molecule has 0 aliphatic heterocycles. The molecule has 5 nitrogen and oxygen atoms in total. The van der Waals surface area contributed by atoms with Gasteiger partial charge >= 0.3 is 5.97 Å². The average Bonchev–Trinajstić information content (AvgIpc) is 2.38. The van der Waals surface area contributed by atoms with Gasteiger partial charge in [0.25, 0.3) is 0 Å². The standard InChI is InChI=1S/C13H11NO4S/c1-19(17,18)12-4-2-3-9(6-12)10-5-11(13(15)16)8-14-7-10/h2-8H,1H3,(H,15,16). The van der Waals surface area contributed by atoms with E-state index in [0.717, 1.165) is 6.26 Å². The number of pyridine rings is 1. The third-order valence-electron chi connectivity index (χ3n) is 2.58. The lowest BCUT2D eigenvalue weighted by atomic mass is 10.1. The van der Waals surface area contributed by atoms with Crippen LogP contribution in [-0.2, 0) is 9.84 Å². The number of carbonyl (C=O) groups is 1. The summed E-state index contributed by atoms with van der Waals surface area (Å²) in [5.41, 5.74) is 1.23. The number of nitrogens with zero attached hydrogens (tertiary/aromatic N) is 1. The van der Waals surface area contributed by atoms with Gasteiger partial charge in [-0.1, -0.05) is 12.1 Å². The Morgan fingerprint density at radius 1 is 1.16 bits per heavy atom. The van der Waals surface area contributed by atoms with Crippen LogP contribution in [0.2, 0.25) is 0 Å². The summed E-state index contributed by atoms with van der Waals surface area (Å²) in [6.07, 6.45) is 3.86. The van der Waals surface area contributed by atoms with Crippen LogP contribution in [0.15, 0.2) is 47.6 Å². The third-order valence-corrected chi connectivity index (χ3v) is 3.69. The van der Waals surface area contributed by atoms with Gasteiger partial charge in [-0.15, -0.1) is 0 Å². The molecule has 19 heavy (non-hydrogen) atoms. The zero-order valence-electron chi connectivity index (χ0n) is 10.1. The number of carboxylic acids is 1. The molecule has 1 aromatic carbocycles. The average molecular weight is 277 g/mol. The highest BCUT2D eigenvalue weighted by atomic mass is 32.2. The van der Waals surface area contributed by atoms with E-state index in [1.54, 1.807) is 12.1 Å². The minimum atomic E-state index is -3.30. The Morgan fingerprint density at radius 2 is 1.89 bits per heavy atom. The molecule has 1 N–H and O–H groups in total. The smallest absolute Gasteiger partial charge is 0.337 e. The van der Waals surface area contributed by atoms with E-state index in [-0.39, 0.29) is 10.5 Å². The molecule has 1 aromatic heterocycles. The highest BCUT2D eigenvalue weighted by molar-refractivity contribution is 7.90. The van der Waals surface area contributed by atoms with Gasteiger partial charge in [-0.05, 0) is 23.8 Å². The molecule has 0 aliphatic carbocycles. The first kappa shape index (κ1) is 13.2. The fourth-order valence-electron chi connectivity index (χ4n) is 1.62. The minimum Gasteiger partial charge on any atom is -0.478 e. The Bertz CT molecular complexity index is 738. The summed E-state index contributed by atoms with van der Waals surface area (Å²) in [6.45, 7) is 0. The largest absolute Gasteiger partial charge is 0.478 e. The number of hydrogen-bond donors (Lipinski definition) is 1. The summed E-state index contributed by atoms with van der Waals surface area (Å²) in [4.78, 5) is 14.9. The van der Waals surface area contributed by atoms with Gasteiger partial charge in [0.1, 0.15) is 0 Å². The van der Waals surface area contributed by atoms with Crippen LogP contribution in [0.3, 0.4) is 0 Å². The van der Waals surface area contributed by atoms with Crippen molar-refractivity contribution < 1.29 is 18.3 Å². The Labute approximate surface area is 110 Å². The zero-order chi connectivity index (χ0) is 14.0. The van der Waals surface area contributed by atoms with E-state index in [1.807, 2.05) is 0 Å². The van der Waals surface area contributed by atoms with Gasteiger partial charge in [0.2, 0.25) is 0 Å². The van der Waals surface area contributed by atoms with Crippen molar-refractivity contribution in [3.63, 3.8) is 0 Å². The lowest BCUT2D eigenvalue weighted by Gasteiger charge is -2.04. The minimum absolute atomic E-state index is 0.0576. The Morgan fingerprint density at radius 3 is 2.53 bits per heavy atom. The van der Waals surface area contributed by atoms with E-state index in [0.29, 0.717) is 11.1 Å². The lowest BCUT2D eigenvalue weighted by molar-refractivity contribution is 0.0696. The van der Waals surface area contributed by atoms with Crippen LogP contribution in [-0.4, -0.2) is 30.7 Å². The van der Waals surface area contributed by atoms with Crippen molar-refractivity contribution in [3.05, 3.63) is 48.3 Å². The second-order valence-electron chi connectivity index (χ2n) is 4.07. The Kier molecular flexibility index (Phi) is 3.35. The molecule has 0 saturated carbocycles. The summed E-state index contributed by atoms with van der Waals surface area (Å²) in [6, 6.07) is 7.76. The van der Waals surface area contributed by atoms with Crippen molar-refractivity contribution in [2.24, 2.45) is 0 Å². The van der Waals surface area contributed by atoms with Crippen LogP contribution in [0.5, 0.6) is 0 Å². The van der Waals surface area contributed by atoms with E-state index in [1.165, 1.54) is 30.6 Å². The molecular formula is C13H11NO4S. The monoisotopic (exact) mass is 277 g/mol. The number of hydrogen-bond acceptors (Lipinski definition) is 4. The predicted octanol–water partition coefficient (Wildman–Crippen LogP) is 1.85. The van der Waals surface area contributed by atoms with Crippen LogP contribution in [0.4, 0.5) is 0 Å². The van der Waals surface area contributed by atoms with E-state index >= 15 is 0 Å². The van der Waals surface area contributed by atoms with E-state index in [4.69, 9.17) is 5.11 Å². The van der Waals surface area contributed by atoms with Crippen molar-refractivity contribution in [1.29, 1.82) is 0 Å². The number of sulfone groups is 1. The molecule has 6 heteroatoms. The van der Waals surface area contributed by atoms with Gasteiger partial charge in [-0.3, -0.25) is 4.98 Å². The molecule has 0 aliphatic rings. The second kappa shape index (κ2) is 4.81. The second-order valence-corrected chi connectivity index (χ2v) is 6.08.